The zero-order valence-corrected chi connectivity index (χ0v) is 18.0. The molecule has 3 atom stereocenters. The molecule has 1 aliphatic rings. The van der Waals surface area contributed by atoms with E-state index in [0.29, 0.717) is 25.9 Å². The molecule has 1 aliphatic heterocycles. The van der Waals surface area contributed by atoms with Gasteiger partial charge >= 0.3 is 0 Å². The lowest BCUT2D eigenvalue weighted by atomic mass is 10.2. The van der Waals surface area contributed by atoms with Gasteiger partial charge in [0.25, 0.3) is 0 Å². The maximum atomic E-state index is 6.15. The summed E-state index contributed by atoms with van der Waals surface area (Å²) in [6.07, 6.45) is 9.02. The molecule has 29 heavy (non-hydrogen) atoms. The van der Waals surface area contributed by atoms with Gasteiger partial charge in [0.2, 0.25) is 0 Å². The standard InChI is InChI=1S/C22H37N5O2/c1-18(28-15-7-14-25-16-23)8-6-13-26-17-27(22-12-11-19(2)29-22)21-10-5-4-9-20(21)24-3/h4-6,8-10,16,18-19,22,24,26H,7,11-15,17H2,1-3H3,(H2,23,25)/b8-6+/t18?,19?,22-/m1/s1. The lowest BCUT2D eigenvalue weighted by molar-refractivity contribution is 0.0529. The summed E-state index contributed by atoms with van der Waals surface area (Å²) in [5, 5.41) is 6.80. The Morgan fingerprint density at radius 2 is 2.21 bits per heavy atom. The van der Waals surface area contributed by atoms with E-state index >= 15 is 0 Å². The highest BCUT2D eigenvalue weighted by Crippen LogP contribution is 2.31. The van der Waals surface area contributed by atoms with E-state index in [9.17, 15) is 0 Å². The summed E-state index contributed by atoms with van der Waals surface area (Å²) in [6, 6.07) is 8.35. The van der Waals surface area contributed by atoms with Crippen LogP contribution in [-0.4, -0.2) is 58.2 Å². The Balaban J connectivity index is 1.82. The smallest absolute Gasteiger partial charge is 0.131 e. The summed E-state index contributed by atoms with van der Waals surface area (Å²) in [7, 11) is 1.95. The predicted octanol–water partition coefficient (Wildman–Crippen LogP) is 2.95. The first kappa shape index (κ1) is 23.2. The molecular weight excluding hydrogens is 366 g/mol. The first-order chi connectivity index (χ1) is 14.2. The minimum absolute atomic E-state index is 0.0822. The highest BCUT2D eigenvalue weighted by molar-refractivity contribution is 5.70. The Kier molecular flexibility index (Phi) is 10.5. The highest BCUT2D eigenvalue weighted by Gasteiger charge is 2.28. The molecule has 0 bridgehead atoms. The van der Waals surface area contributed by atoms with Crippen molar-refractivity contribution >= 4 is 17.7 Å². The fourth-order valence-electron chi connectivity index (χ4n) is 3.37. The quantitative estimate of drug-likeness (QED) is 0.154. The van der Waals surface area contributed by atoms with E-state index in [4.69, 9.17) is 15.2 Å². The van der Waals surface area contributed by atoms with Crippen LogP contribution in [-0.2, 0) is 9.47 Å². The van der Waals surface area contributed by atoms with E-state index < -0.39 is 0 Å². The van der Waals surface area contributed by atoms with Gasteiger partial charge in [-0.1, -0.05) is 24.3 Å². The molecule has 0 radical (unpaired) electrons. The van der Waals surface area contributed by atoms with E-state index in [1.54, 1.807) is 0 Å². The van der Waals surface area contributed by atoms with Crippen LogP contribution in [0.3, 0.4) is 0 Å². The van der Waals surface area contributed by atoms with Gasteiger partial charge in [-0.15, -0.1) is 0 Å². The second kappa shape index (κ2) is 13.2. The van der Waals surface area contributed by atoms with Gasteiger partial charge < -0.3 is 25.4 Å². The normalized spacial score (nSPS) is 20.5. The summed E-state index contributed by atoms with van der Waals surface area (Å²) in [5.41, 5.74) is 7.48. The fraction of sp³-hybridized carbons (Fsp3) is 0.591. The number of hydrogen-bond acceptors (Lipinski definition) is 6. The second-order valence-electron chi connectivity index (χ2n) is 7.24. The van der Waals surface area contributed by atoms with Crippen LogP contribution in [0.2, 0.25) is 0 Å². The third-order valence-electron chi connectivity index (χ3n) is 4.91. The molecule has 1 aromatic rings. The lowest BCUT2D eigenvalue weighted by Crippen LogP contribution is -2.42. The summed E-state index contributed by atoms with van der Waals surface area (Å²) >= 11 is 0. The van der Waals surface area contributed by atoms with Crippen molar-refractivity contribution in [1.29, 1.82) is 0 Å². The van der Waals surface area contributed by atoms with E-state index in [1.165, 1.54) is 6.34 Å². The molecular formula is C22H37N5O2. The van der Waals surface area contributed by atoms with Crippen molar-refractivity contribution in [2.24, 2.45) is 10.7 Å². The van der Waals surface area contributed by atoms with Crippen molar-refractivity contribution < 1.29 is 9.47 Å². The van der Waals surface area contributed by atoms with Gasteiger partial charge in [-0.3, -0.25) is 10.3 Å². The predicted molar refractivity (Wildman–Crippen MR) is 122 cm³/mol. The molecule has 162 valence electrons. The molecule has 1 saturated heterocycles. The summed E-state index contributed by atoms with van der Waals surface area (Å²) in [6.45, 7) is 7.06. The molecule has 1 heterocycles. The Morgan fingerprint density at radius 3 is 2.93 bits per heavy atom. The minimum atomic E-state index is 0.0822. The minimum Gasteiger partial charge on any atom is -0.390 e. The molecule has 4 N–H and O–H groups in total. The molecule has 2 unspecified atom stereocenters. The first-order valence-electron chi connectivity index (χ1n) is 10.5. The van der Waals surface area contributed by atoms with Crippen LogP contribution in [0, 0.1) is 0 Å². The number of nitrogens with two attached hydrogens (primary N) is 1. The van der Waals surface area contributed by atoms with Crippen molar-refractivity contribution in [3.8, 4) is 0 Å². The van der Waals surface area contributed by atoms with Gasteiger partial charge in [0.1, 0.15) is 6.23 Å². The largest absolute Gasteiger partial charge is 0.390 e. The summed E-state index contributed by atoms with van der Waals surface area (Å²) < 4.78 is 11.9. The molecule has 0 aliphatic carbocycles. The van der Waals surface area contributed by atoms with E-state index in [0.717, 1.165) is 37.2 Å². The molecule has 1 fully saturated rings. The van der Waals surface area contributed by atoms with Gasteiger partial charge in [0.05, 0.1) is 36.6 Å². The zero-order valence-electron chi connectivity index (χ0n) is 18.0. The number of rotatable bonds is 13. The van der Waals surface area contributed by atoms with Crippen LogP contribution >= 0.6 is 0 Å². The summed E-state index contributed by atoms with van der Waals surface area (Å²) in [4.78, 5) is 6.28. The Hall–Kier alpha value is -2.09. The van der Waals surface area contributed by atoms with Crippen LogP contribution < -0.4 is 21.3 Å². The van der Waals surface area contributed by atoms with Gasteiger partial charge in [0.15, 0.2) is 0 Å². The molecule has 0 spiro atoms. The molecule has 0 amide bonds. The monoisotopic (exact) mass is 403 g/mol. The SMILES string of the molecule is CNc1ccccc1N(CNC/C=C/C(C)OCCCN=CN)[C@H]1CCC(C)O1. The zero-order chi connectivity index (χ0) is 20.9. The van der Waals surface area contributed by atoms with Crippen molar-refractivity contribution in [3.63, 3.8) is 0 Å². The van der Waals surface area contributed by atoms with Crippen molar-refractivity contribution in [2.45, 2.75) is 51.5 Å². The van der Waals surface area contributed by atoms with Crippen LogP contribution in [0.25, 0.3) is 0 Å². The summed E-state index contributed by atoms with van der Waals surface area (Å²) in [5.74, 6) is 0. The number of benzene rings is 1. The average Bonchev–Trinajstić information content (AvgIpc) is 3.16. The Morgan fingerprint density at radius 1 is 1.38 bits per heavy atom. The van der Waals surface area contributed by atoms with Crippen LogP contribution in [0.5, 0.6) is 0 Å². The number of hydrogen-bond donors (Lipinski definition) is 3. The molecule has 1 aromatic carbocycles. The van der Waals surface area contributed by atoms with Crippen LogP contribution in [0.15, 0.2) is 41.4 Å². The van der Waals surface area contributed by atoms with Crippen molar-refractivity contribution in [3.05, 3.63) is 36.4 Å². The Labute approximate surface area is 175 Å². The van der Waals surface area contributed by atoms with E-state index in [1.807, 2.05) is 20.0 Å². The highest BCUT2D eigenvalue weighted by atomic mass is 16.5. The lowest BCUT2D eigenvalue weighted by Gasteiger charge is -2.32. The maximum absolute atomic E-state index is 6.15. The fourth-order valence-corrected chi connectivity index (χ4v) is 3.37. The third-order valence-corrected chi connectivity index (χ3v) is 4.91. The maximum Gasteiger partial charge on any atom is 0.131 e. The number of ether oxygens (including phenoxy) is 2. The number of nitrogens with one attached hydrogen (secondary N) is 2. The topological polar surface area (TPSA) is 84.1 Å². The van der Waals surface area contributed by atoms with Gasteiger partial charge in [-0.05, 0) is 45.2 Å². The molecule has 7 heteroatoms. The number of nitrogens with zero attached hydrogens (tertiary/aromatic N) is 2. The molecule has 2 rings (SSSR count). The van der Waals surface area contributed by atoms with Crippen molar-refractivity contribution in [1.82, 2.24) is 5.32 Å². The molecule has 0 saturated carbocycles. The first-order valence-corrected chi connectivity index (χ1v) is 10.5. The van der Waals surface area contributed by atoms with Gasteiger partial charge in [-0.2, -0.15) is 0 Å². The van der Waals surface area contributed by atoms with Gasteiger partial charge in [0, 0.05) is 26.7 Å². The van der Waals surface area contributed by atoms with Crippen molar-refractivity contribution in [2.75, 3.05) is 43.6 Å². The number of anilines is 2. The van der Waals surface area contributed by atoms with E-state index in [2.05, 4.69) is 57.8 Å². The van der Waals surface area contributed by atoms with Gasteiger partial charge in [-0.25, -0.2) is 0 Å². The second-order valence-corrected chi connectivity index (χ2v) is 7.24. The number of para-hydroxylation sites is 2. The third kappa shape index (κ3) is 8.04. The molecule has 7 nitrogen and oxygen atoms in total. The average molecular weight is 404 g/mol. The van der Waals surface area contributed by atoms with Crippen LogP contribution in [0.1, 0.15) is 33.1 Å². The van der Waals surface area contributed by atoms with Crippen LogP contribution in [0.4, 0.5) is 11.4 Å². The Bertz CT molecular complexity index is 637. The molecule has 0 aromatic heterocycles. The number of aliphatic imine (C=N–C) groups is 1. The van der Waals surface area contributed by atoms with E-state index in [-0.39, 0.29) is 12.3 Å².